The fourth-order valence-corrected chi connectivity index (χ4v) is 3.96. The van der Waals surface area contributed by atoms with E-state index in [-0.39, 0.29) is 11.1 Å². The zero-order valence-corrected chi connectivity index (χ0v) is 17.8. The van der Waals surface area contributed by atoms with E-state index in [9.17, 15) is 17.6 Å². The van der Waals surface area contributed by atoms with Gasteiger partial charge in [-0.25, -0.2) is 12.8 Å². The lowest BCUT2D eigenvalue weighted by atomic mass is 9.99. The van der Waals surface area contributed by atoms with Crippen LogP contribution in [0.15, 0.2) is 72.8 Å². The van der Waals surface area contributed by atoms with Gasteiger partial charge in [-0.3, -0.25) is 10.2 Å². The van der Waals surface area contributed by atoms with Crippen LogP contribution in [-0.2, 0) is 14.8 Å². The minimum absolute atomic E-state index is 0.242. The summed E-state index contributed by atoms with van der Waals surface area (Å²) in [7, 11) is -4.01. The molecule has 0 atom stereocenters. The largest absolute Gasteiger partial charge is 0.274 e. The molecule has 30 heavy (non-hydrogen) atoms. The Morgan fingerprint density at radius 3 is 2.07 bits per heavy atom. The van der Waals surface area contributed by atoms with Crippen molar-refractivity contribution in [3.05, 3.63) is 95.3 Å². The van der Waals surface area contributed by atoms with E-state index in [1.807, 2.05) is 30.3 Å². The number of hydrazine groups is 1. The van der Waals surface area contributed by atoms with Crippen molar-refractivity contribution in [2.75, 3.05) is 0 Å². The number of halogens is 1. The third kappa shape index (κ3) is 4.27. The highest BCUT2D eigenvalue weighted by Gasteiger charge is 2.36. The molecule has 0 aliphatic heterocycles. The maximum absolute atomic E-state index is 14.6. The number of nitrogens with one attached hydrogen (secondary N) is 2. The molecule has 3 rings (SSSR count). The molecule has 0 fully saturated rings. The van der Waals surface area contributed by atoms with Crippen molar-refractivity contribution in [1.82, 2.24) is 10.3 Å². The molecule has 0 bridgehead atoms. The number of benzene rings is 3. The molecule has 0 saturated carbocycles. The standard InChI is InChI=1S/C23H23FN2O3S/c1-16-14-18(17-10-6-4-7-11-17)15-20(21(16)24)22(27)25-26-30(28,29)23(2,3)19-12-8-5-9-13-19/h4-15,26H,1-3H3,(H,25,27). The van der Waals surface area contributed by atoms with Crippen molar-refractivity contribution in [2.24, 2.45) is 0 Å². The predicted octanol–water partition coefficient (Wildman–Crippen LogP) is 4.30. The summed E-state index contributed by atoms with van der Waals surface area (Å²) in [6.45, 7) is 4.61. The second-order valence-electron chi connectivity index (χ2n) is 7.46. The molecule has 0 unspecified atom stereocenters. The van der Waals surface area contributed by atoms with Crippen molar-refractivity contribution < 1.29 is 17.6 Å². The van der Waals surface area contributed by atoms with Crippen LogP contribution in [0.25, 0.3) is 11.1 Å². The number of sulfonamides is 1. The summed E-state index contributed by atoms with van der Waals surface area (Å²) in [6, 6.07) is 20.9. The third-order valence-electron chi connectivity index (χ3n) is 5.05. The smallest absolute Gasteiger partial charge is 0.269 e. The van der Waals surface area contributed by atoms with E-state index < -0.39 is 26.5 Å². The van der Waals surface area contributed by atoms with Gasteiger partial charge in [0, 0.05) is 0 Å². The molecule has 7 heteroatoms. The molecule has 0 aromatic heterocycles. The van der Waals surface area contributed by atoms with Gasteiger partial charge in [-0.2, -0.15) is 0 Å². The Balaban J connectivity index is 1.85. The SMILES string of the molecule is Cc1cc(-c2ccccc2)cc(C(=O)NNS(=O)(=O)C(C)(C)c2ccccc2)c1F. The first kappa shape index (κ1) is 21.7. The first-order valence-electron chi connectivity index (χ1n) is 9.36. The average Bonchev–Trinajstić information content (AvgIpc) is 2.75. The Morgan fingerprint density at radius 2 is 1.47 bits per heavy atom. The maximum Gasteiger partial charge on any atom is 0.269 e. The van der Waals surface area contributed by atoms with Crippen molar-refractivity contribution in [3.8, 4) is 11.1 Å². The van der Waals surface area contributed by atoms with Gasteiger partial charge in [0.2, 0.25) is 10.0 Å². The van der Waals surface area contributed by atoms with Crippen LogP contribution in [0.4, 0.5) is 4.39 Å². The van der Waals surface area contributed by atoms with Crippen molar-refractivity contribution in [1.29, 1.82) is 0 Å². The quantitative estimate of drug-likeness (QED) is 0.577. The lowest BCUT2D eigenvalue weighted by Gasteiger charge is -2.25. The predicted molar refractivity (Wildman–Crippen MR) is 116 cm³/mol. The van der Waals surface area contributed by atoms with Crippen LogP contribution in [0.2, 0.25) is 0 Å². The zero-order valence-electron chi connectivity index (χ0n) is 16.9. The highest BCUT2D eigenvalue weighted by molar-refractivity contribution is 7.90. The van der Waals surface area contributed by atoms with Gasteiger partial charge in [-0.05, 0) is 55.2 Å². The topological polar surface area (TPSA) is 75.3 Å². The van der Waals surface area contributed by atoms with Crippen LogP contribution >= 0.6 is 0 Å². The molecular weight excluding hydrogens is 403 g/mol. The number of hydrogen-bond acceptors (Lipinski definition) is 3. The Labute approximate surface area is 176 Å². The van der Waals surface area contributed by atoms with Crippen LogP contribution in [-0.4, -0.2) is 14.3 Å². The summed E-state index contributed by atoms with van der Waals surface area (Å²) in [4.78, 5) is 14.7. The van der Waals surface area contributed by atoms with Gasteiger partial charge in [-0.1, -0.05) is 60.7 Å². The molecule has 0 radical (unpaired) electrons. The number of carbonyl (C=O) groups excluding carboxylic acids is 1. The second kappa shape index (κ2) is 8.38. The Morgan fingerprint density at radius 1 is 0.900 bits per heavy atom. The van der Waals surface area contributed by atoms with Gasteiger partial charge < -0.3 is 0 Å². The van der Waals surface area contributed by atoms with Crippen molar-refractivity contribution in [3.63, 3.8) is 0 Å². The van der Waals surface area contributed by atoms with Crippen molar-refractivity contribution >= 4 is 15.9 Å². The maximum atomic E-state index is 14.6. The van der Waals surface area contributed by atoms with E-state index in [0.29, 0.717) is 11.1 Å². The summed E-state index contributed by atoms with van der Waals surface area (Å²) in [6.07, 6.45) is 0. The molecule has 0 heterocycles. The fraction of sp³-hybridized carbons (Fsp3) is 0.174. The summed E-state index contributed by atoms with van der Waals surface area (Å²) in [5, 5.41) is 0. The molecule has 0 aliphatic rings. The van der Waals surface area contributed by atoms with Crippen LogP contribution in [0.3, 0.4) is 0 Å². The molecule has 0 saturated heterocycles. The van der Waals surface area contributed by atoms with E-state index in [1.54, 1.807) is 43.3 Å². The number of aryl methyl sites for hydroxylation is 1. The lowest BCUT2D eigenvalue weighted by molar-refractivity contribution is 0.0940. The molecule has 3 aromatic carbocycles. The van der Waals surface area contributed by atoms with Gasteiger partial charge in [-0.15, -0.1) is 4.83 Å². The molecule has 3 aromatic rings. The lowest BCUT2D eigenvalue weighted by Crippen LogP contribution is -2.48. The Hall–Kier alpha value is -3.03. The summed E-state index contributed by atoms with van der Waals surface area (Å²) in [5.41, 5.74) is 4.22. The molecule has 0 aliphatic carbocycles. The third-order valence-corrected chi connectivity index (χ3v) is 7.00. The van der Waals surface area contributed by atoms with Gasteiger partial charge >= 0.3 is 0 Å². The van der Waals surface area contributed by atoms with E-state index in [2.05, 4.69) is 10.3 Å². The molecule has 0 spiro atoms. The van der Waals surface area contributed by atoms with Crippen LogP contribution in [0.5, 0.6) is 0 Å². The van der Waals surface area contributed by atoms with Crippen LogP contribution in [0.1, 0.15) is 35.3 Å². The van der Waals surface area contributed by atoms with Crippen LogP contribution < -0.4 is 10.3 Å². The van der Waals surface area contributed by atoms with Crippen LogP contribution in [0, 0.1) is 12.7 Å². The molecule has 5 nitrogen and oxygen atoms in total. The summed E-state index contributed by atoms with van der Waals surface area (Å²) < 4.78 is 38.9. The zero-order chi connectivity index (χ0) is 21.9. The first-order chi connectivity index (χ1) is 14.1. The minimum atomic E-state index is -4.01. The Bertz CT molecular complexity index is 1160. The van der Waals surface area contributed by atoms with Gasteiger partial charge in [0.25, 0.3) is 5.91 Å². The van der Waals surface area contributed by atoms with E-state index in [4.69, 9.17) is 0 Å². The molecule has 156 valence electrons. The number of amides is 1. The normalized spacial score (nSPS) is 11.9. The second-order valence-corrected chi connectivity index (χ2v) is 9.69. The minimum Gasteiger partial charge on any atom is -0.274 e. The highest BCUT2D eigenvalue weighted by Crippen LogP contribution is 2.28. The Kier molecular flexibility index (Phi) is 6.05. The number of hydrogen-bond donors (Lipinski definition) is 2. The van der Waals surface area contributed by atoms with Gasteiger partial charge in [0.15, 0.2) is 0 Å². The molecule has 2 N–H and O–H groups in total. The average molecular weight is 427 g/mol. The van der Waals surface area contributed by atoms with Gasteiger partial charge in [0.1, 0.15) is 10.6 Å². The number of rotatable bonds is 6. The van der Waals surface area contributed by atoms with Gasteiger partial charge in [0.05, 0.1) is 5.56 Å². The molecular formula is C23H23FN2O3S. The van der Waals surface area contributed by atoms with E-state index in [0.717, 1.165) is 5.56 Å². The first-order valence-corrected chi connectivity index (χ1v) is 10.8. The van der Waals surface area contributed by atoms with E-state index >= 15 is 0 Å². The number of carbonyl (C=O) groups is 1. The molecule has 1 amide bonds. The van der Waals surface area contributed by atoms with E-state index in [1.165, 1.54) is 19.9 Å². The van der Waals surface area contributed by atoms with Crippen molar-refractivity contribution in [2.45, 2.75) is 25.5 Å². The highest BCUT2D eigenvalue weighted by atomic mass is 32.2. The monoisotopic (exact) mass is 426 g/mol. The summed E-state index contributed by atoms with van der Waals surface area (Å²) >= 11 is 0. The summed E-state index contributed by atoms with van der Waals surface area (Å²) in [5.74, 6) is -1.57. The fourth-order valence-electron chi connectivity index (χ4n) is 3.04.